The highest BCUT2D eigenvalue weighted by molar-refractivity contribution is 5.57. The first kappa shape index (κ1) is 16.4. The van der Waals surface area contributed by atoms with E-state index in [4.69, 9.17) is 0 Å². The molecule has 0 aliphatic carbocycles. The topological polar surface area (TPSA) is 41.9 Å². The van der Waals surface area contributed by atoms with Gasteiger partial charge in [0.1, 0.15) is 5.82 Å². The predicted octanol–water partition coefficient (Wildman–Crippen LogP) is 3.96. The Bertz CT molecular complexity index is 708. The molecule has 0 bridgehead atoms. The lowest BCUT2D eigenvalue weighted by Gasteiger charge is -2.31. The van der Waals surface area contributed by atoms with Crippen molar-refractivity contribution in [2.24, 2.45) is 5.92 Å². The van der Waals surface area contributed by atoms with Gasteiger partial charge in [0.05, 0.1) is 0 Å². The van der Waals surface area contributed by atoms with Gasteiger partial charge in [-0.25, -0.2) is 9.97 Å². The van der Waals surface area contributed by atoms with Gasteiger partial charge in [0.2, 0.25) is 0 Å². The lowest BCUT2D eigenvalue weighted by molar-refractivity contribution is -0.141. The number of aromatic nitrogens is 3. The van der Waals surface area contributed by atoms with E-state index >= 15 is 0 Å². The third-order valence-corrected chi connectivity index (χ3v) is 4.14. The fourth-order valence-electron chi connectivity index (χ4n) is 2.74. The number of pyridine rings is 1. The van der Waals surface area contributed by atoms with E-state index in [0.29, 0.717) is 30.4 Å². The van der Waals surface area contributed by atoms with Gasteiger partial charge in [0, 0.05) is 37.1 Å². The second-order valence-electron chi connectivity index (χ2n) is 5.73. The van der Waals surface area contributed by atoms with Gasteiger partial charge >= 0.3 is 6.18 Å². The maximum atomic E-state index is 13.2. The standard InChI is InChI=1S/C17H17F3N4/c1-2-12-5-9-24(10-6-12)15-11-14(17(18,19)20)22-16(23-15)13-3-7-21-8-4-13/h2-4,7-8,11-12H,1,5-6,9-10H2. The number of halogens is 3. The van der Waals surface area contributed by atoms with E-state index in [1.54, 1.807) is 12.1 Å². The predicted molar refractivity (Wildman–Crippen MR) is 85.4 cm³/mol. The lowest BCUT2D eigenvalue weighted by Crippen LogP contribution is -2.34. The zero-order valence-electron chi connectivity index (χ0n) is 13.0. The molecular formula is C17H17F3N4. The van der Waals surface area contributed by atoms with E-state index in [2.05, 4.69) is 21.5 Å². The second kappa shape index (κ2) is 6.59. The molecule has 0 unspecified atom stereocenters. The number of anilines is 1. The van der Waals surface area contributed by atoms with Gasteiger partial charge in [0.15, 0.2) is 11.5 Å². The molecule has 126 valence electrons. The number of rotatable bonds is 3. The molecule has 1 aliphatic heterocycles. The molecular weight excluding hydrogens is 317 g/mol. The zero-order chi connectivity index (χ0) is 17.2. The van der Waals surface area contributed by atoms with Crippen LogP contribution in [0.4, 0.5) is 19.0 Å². The Labute approximate surface area is 138 Å². The van der Waals surface area contributed by atoms with Crippen LogP contribution in [0.5, 0.6) is 0 Å². The van der Waals surface area contributed by atoms with Crippen LogP contribution in [0, 0.1) is 5.92 Å². The third-order valence-electron chi connectivity index (χ3n) is 4.14. The summed E-state index contributed by atoms with van der Waals surface area (Å²) in [6.45, 7) is 5.09. The molecule has 0 atom stereocenters. The van der Waals surface area contributed by atoms with Gasteiger partial charge in [-0.3, -0.25) is 4.98 Å². The Kier molecular flexibility index (Phi) is 4.51. The molecule has 3 heterocycles. The Morgan fingerprint density at radius 3 is 2.38 bits per heavy atom. The second-order valence-corrected chi connectivity index (χ2v) is 5.73. The number of hydrogen-bond donors (Lipinski definition) is 0. The summed E-state index contributed by atoms with van der Waals surface area (Å²) in [4.78, 5) is 13.8. The Morgan fingerprint density at radius 1 is 1.12 bits per heavy atom. The minimum Gasteiger partial charge on any atom is -0.356 e. The molecule has 0 spiro atoms. The number of alkyl halides is 3. The molecule has 7 heteroatoms. The molecule has 0 saturated carbocycles. The monoisotopic (exact) mass is 334 g/mol. The Hall–Kier alpha value is -2.44. The molecule has 4 nitrogen and oxygen atoms in total. The summed E-state index contributed by atoms with van der Waals surface area (Å²) >= 11 is 0. The summed E-state index contributed by atoms with van der Waals surface area (Å²) in [5.41, 5.74) is -0.413. The molecule has 0 amide bonds. The van der Waals surface area contributed by atoms with Crippen LogP contribution in [0.3, 0.4) is 0 Å². The number of allylic oxidation sites excluding steroid dienone is 1. The van der Waals surface area contributed by atoms with Crippen molar-refractivity contribution >= 4 is 5.82 Å². The van der Waals surface area contributed by atoms with Crippen molar-refractivity contribution < 1.29 is 13.2 Å². The maximum absolute atomic E-state index is 13.2. The van der Waals surface area contributed by atoms with E-state index in [9.17, 15) is 13.2 Å². The SMILES string of the molecule is C=CC1CCN(c2cc(C(F)(F)F)nc(-c3ccncc3)n2)CC1. The van der Waals surface area contributed by atoms with E-state index in [1.165, 1.54) is 12.4 Å². The van der Waals surface area contributed by atoms with Crippen molar-refractivity contribution in [3.8, 4) is 11.4 Å². The quantitative estimate of drug-likeness (QED) is 0.797. The van der Waals surface area contributed by atoms with Crippen LogP contribution in [0.25, 0.3) is 11.4 Å². The molecule has 0 N–H and O–H groups in total. The number of hydrogen-bond acceptors (Lipinski definition) is 4. The molecule has 24 heavy (non-hydrogen) atoms. The normalized spacial score (nSPS) is 16.2. The van der Waals surface area contributed by atoms with E-state index in [-0.39, 0.29) is 5.82 Å². The third kappa shape index (κ3) is 3.55. The highest BCUT2D eigenvalue weighted by atomic mass is 19.4. The summed E-state index contributed by atoms with van der Waals surface area (Å²) in [7, 11) is 0. The average molecular weight is 334 g/mol. The smallest absolute Gasteiger partial charge is 0.356 e. The first-order chi connectivity index (χ1) is 11.5. The van der Waals surface area contributed by atoms with Crippen molar-refractivity contribution in [3.63, 3.8) is 0 Å². The highest BCUT2D eigenvalue weighted by Crippen LogP contribution is 2.32. The van der Waals surface area contributed by atoms with Crippen molar-refractivity contribution in [2.45, 2.75) is 19.0 Å². The van der Waals surface area contributed by atoms with Crippen LogP contribution in [0.2, 0.25) is 0 Å². The van der Waals surface area contributed by atoms with Gasteiger partial charge in [-0.2, -0.15) is 13.2 Å². The summed E-state index contributed by atoms with van der Waals surface area (Å²) < 4.78 is 39.6. The summed E-state index contributed by atoms with van der Waals surface area (Å²) in [6.07, 6.45) is 2.13. The van der Waals surface area contributed by atoms with Crippen LogP contribution in [-0.4, -0.2) is 28.0 Å². The molecule has 1 aliphatic rings. The fourth-order valence-corrected chi connectivity index (χ4v) is 2.74. The first-order valence-corrected chi connectivity index (χ1v) is 7.71. The summed E-state index contributed by atoms with van der Waals surface area (Å²) in [5.74, 6) is 0.782. The lowest BCUT2D eigenvalue weighted by atomic mass is 9.97. The average Bonchev–Trinajstić information content (AvgIpc) is 2.61. The van der Waals surface area contributed by atoms with Crippen LogP contribution < -0.4 is 4.90 Å². The highest BCUT2D eigenvalue weighted by Gasteiger charge is 2.34. The van der Waals surface area contributed by atoms with Crippen LogP contribution in [0.1, 0.15) is 18.5 Å². The molecule has 2 aromatic heterocycles. The van der Waals surface area contributed by atoms with Crippen LogP contribution >= 0.6 is 0 Å². The van der Waals surface area contributed by atoms with Crippen LogP contribution in [-0.2, 0) is 6.18 Å². The Balaban J connectivity index is 1.98. The van der Waals surface area contributed by atoms with Gasteiger partial charge < -0.3 is 4.90 Å². The maximum Gasteiger partial charge on any atom is 0.433 e. The van der Waals surface area contributed by atoms with Gasteiger partial charge in [-0.15, -0.1) is 6.58 Å². The van der Waals surface area contributed by atoms with E-state index < -0.39 is 11.9 Å². The summed E-state index contributed by atoms with van der Waals surface area (Å²) in [5, 5.41) is 0. The summed E-state index contributed by atoms with van der Waals surface area (Å²) in [6, 6.07) is 4.23. The minimum atomic E-state index is -4.51. The van der Waals surface area contributed by atoms with Crippen LogP contribution in [0.15, 0.2) is 43.2 Å². The van der Waals surface area contributed by atoms with E-state index in [1.807, 2.05) is 11.0 Å². The molecule has 1 saturated heterocycles. The van der Waals surface area contributed by atoms with Crippen molar-refractivity contribution in [2.75, 3.05) is 18.0 Å². The zero-order valence-corrected chi connectivity index (χ0v) is 13.0. The van der Waals surface area contributed by atoms with Crippen molar-refractivity contribution in [1.82, 2.24) is 15.0 Å². The first-order valence-electron chi connectivity index (χ1n) is 7.71. The van der Waals surface area contributed by atoms with Gasteiger partial charge in [0.25, 0.3) is 0 Å². The molecule has 0 aromatic carbocycles. The largest absolute Gasteiger partial charge is 0.433 e. The molecule has 3 rings (SSSR count). The van der Waals surface area contributed by atoms with Crippen molar-refractivity contribution in [1.29, 1.82) is 0 Å². The molecule has 2 aromatic rings. The number of piperidine rings is 1. The van der Waals surface area contributed by atoms with E-state index in [0.717, 1.165) is 18.9 Å². The number of nitrogens with zero attached hydrogens (tertiary/aromatic N) is 4. The van der Waals surface area contributed by atoms with Crippen molar-refractivity contribution in [3.05, 3.63) is 48.9 Å². The van der Waals surface area contributed by atoms with Gasteiger partial charge in [-0.1, -0.05) is 6.08 Å². The van der Waals surface area contributed by atoms with Gasteiger partial charge in [-0.05, 0) is 30.9 Å². The minimum absolute atomic E-state index is 0.0630. The molecule has 1 fully saturated rings. The fraction of sp³-hybridized carbons (Fsp3) is 0.353. The Morgan fingerprint density at radius 2 is 1.79 bits per heavy atom. The molecule has 0 radical (unpaired) electrons.